The molecule has 0 aliphatic carbocycles. The summed E-state index contributed by atoms with van der Waals surface area (Å²) in [5.74, 6) is 0. The largest absolute Gasteiger partial charge is 0.739 e. The van der Waals surface area contributed by atoms with Crippen LogP contribution in [0.2, 0.25) is 0 Å². The quantitative estimate of drug-likeness (QED) is 0.538. The molecule has 9 heteroatoms. The monoisotopic (exact) mass is 245 g/mol. The Hall–Kier alpha value is -1.22. The average molecular weight is 245 g/mol. The van der Waals surface area contributed by atoms with Gasteiger partial charge in [-0.05, 0) is 6.07 Å². The van der Waals surface area contributed by atoms with Gasteiger partial charge >= 0.3 is 16.9 Å². The van der Waals surface area contributed by atoms with Crippen LogP contribution in [0, 0.1) is 0 Å². The van der Waals surface area contributed by atoms with E-state index in [1.807, 2.05) is 0 Å². The number of pyridine rings is 1. The van der Waals surface area contributed by atoms with Crippen molar-refractivity contribution in [1.29, 1.82) is 0 Å². The maximum Gasteiger partial charge on any atom is 0.481 e. The van der Waals surface area contributed by atoms with Gasteiger partial charge in [0.05, 0.1) is 4.48 Å². The Kier molecular flexibility index (Phi) is 2.70. The number of halogens is 4. The predicted octanol–water partition coefficient (Wildman–Crippen LogP) is 0.630. The molecule has 0 bridgehead atoms. The molecule has 0 radical (unpaired) electrons. The number of rotatable bonds is 1. The van der Waals surface area contributed by atoms with Gasteiger partial charge in [-0.25, -0.2) is 8.42 Å². The van der Waals surface area contributed by atoms with E-state index in [1.165, 1.54) is 0 Å². The summed E-state index contributed by atoms with van der Waals surface area (Å²) in [6.07, 6.45) is -5.07. The van der Waals surface area contributed by atoms with Crippen LogP contribution < -0.4 is 4.79 Å². The number of hydrogen-bond donors (Lipinski definition) is 0. The molecule has 0 aliphatic heterocycles. The van der Waals surface area contributed by atoms with E-state index in [0.717, 1.165) is 0 Å². The zero-order chi connectivity index (χ0) is 11.9. The van der Waals surface area contributed by atoms with Crippen LogP contribution in [-0.2, 0) is 16.3 Å². The molecule has 1 aromatic heterocycles. The third-order valence-corrected chi connectivity index (χ3v) is 2.25. The molecule has 0 aliphatic rings. The van der Waals surface area contributed by atoms with Gasteiger partial charge in [-0.15, -0.1) is 0 Å². The molecule has 84 valence electrons. The lowest BCUT2D eigenvalue weighted by atomic mass is 10.3. The van der Waals surface area contributed by atoms with E-state index >= 15 is 0 Å². The van der Waals surface area contributed by atoms with Crippen molar-refractivity contribution in [2.24, 2.45) is 0 Å². The van der Waals surface area contributed by atoms with Gasteiger partial charge in [0, 0.05) is 16.9 Å². The van der Waals surface area contributed by atoms with E-state index in [-0.39, 0.29) is 0 Å². The number of aromatic nitrogens is 1. The number of alkyl halides is 3. The lowest BCUT2D eigenvalue weighted by molar-refractivity contribution is -0.886. The van der Waals surface area contributed by atoms with Crippen LogP contribution in [0.5, 0.6) is 0 Å². The predicted molar refractivity (Wildman–Crippen MR) is 36.1 cm³/mol. The lowest BCUT2D eigenvalue weighted by Gasteiger charge is -2.04. The first-order valence-corrected chi connectivity index (χ1v) is 4.79. The molecule has 1 aromatic rings. The van der Waals surface area contributed by atoms with Gasteiger partial charge in [-0.2, -0.15) is 13.2 Å². The average Bonchev–Trinajstić information content (AvgIpc) is 1.99. The maximum atomic E-state index is 12.9. The summed E-state index contributed by atoms with van der Waals surface area (Å²) >= 11 is 0. The Morgan fingerprint density at radius 1 is 1.27 bits per heavy atom. The molecule has 0 saturated heterocycles. The van der Waals surface area contributed by atoms with Gasteiger partial charge < -0.3 is 4.55 Å². The van der Waals surface area contributed by atoms with E-state index in [9.17, 15) is 30.6 Å². The number of nitrogens with zero attached hydrogens (tertiary/aromatic N) is 1. The zero-order valence-electron chi connectivity index (χ0n) is 6.82. The van der Waals surface area contributed by atoms with Crippen molar-refractivity contribution >= 4 is 10.1 Å². The third-order valence-electron chi connectivity index (χ3n) is 1.44. The highest BCUT2D eigenvalue weighted by Gasteiger charge is 2.44. The first-order chi connectivity index (χ1) is 6.64. The molecule has 0 atom stereocenters. The fourth-order valence-electron chi connectivity index (χ4n) is 0.858. The molecule has 1 rings (SSSR count). The summed E-state index contributed by atoms with van der Waals surface area (Å²) in [6, 6.07) is 1.38. The first-order valence-electron chi connectivity index (χ1n) is 3.38. The Balaban J connectivity index is 3.51. The van der Waals surface area contributed by atoms with Crippen LogP contribution in [0.3, 0.4) is 0 Å². The summed E-state index contributed by atoms with van der Waals surface area (Å²) in [5.41, 5.74) is -1.86. The van der Waals surface area contributed by atoms with E-state index < -0.39 is 31.8 Å². The third kappa shape index (κ3) is 2.42. The van der Waals surface area contributed by atoms with Gasteiger partial charge in [-0.1, -0.05) is 0 Å². The minimum atomic E-state index is -5.28. The van der Waals surface area contributed by atoms with Crippen molar-refractivity contribution in [2.75, 3.05) is 0 Å². The van der Waals surface area contributed by atoms with E-state index in [0.29, 0.717) is 18.2 Å². The maximum absolute atomic E-state index is 12.9. The molecule has 0 fully saturated rings. The van der Waals surface area contributed by atoms with Gasteiger partial charge in [0.2, 0.25) is 0 Å². The SMILES string of the molecule is O=S(=O)([O-])c1cccc(C(F)(F)F)[n+]1F. The van der Waals surface area contributed by atoms with Crippen LogP contribution in [-0.4, -0.2) is 13.0 Å². The molecule has 4 nitrogen and oxygen atoms in total. The molecule has 0 spiro atoms. The van der Waals surface area contributed by atoms with Crippen molar-refractivity contribution < 1.29 is 35.4 Å². The smallest absolute Gasteiger partial charge is 0.481 e. The zero-order valence-corrected chi connectivity index (χ0v) is 7.64. The van der Waals surface area contributed by atoms with Crippen molar-refractivity contribution in [3.63, 3.8) is 0 Å². The minimum absolute atomic E-state index is 0.314. The second-order valence-electron chi connectivity index (χ2n) is 2.48. The molecule has 0 aromatic carbocycles. The molecular formula is C6H3F4NO3S. The summed E-state index contributed by atoms with van der Waals surface area (Å²) in [5, 5.41) is -1.59. The fourth-order valence-corrected chi connectivity index (χ4v) is 1.40. The van der Waals surface area contributed by atoms with Gasteiger partial charge in [0.1, 0.15) is 0 Å². The van der Waals surface area contributed by atoms with Crippen LogP contribution in [0.1, 0.15) is 5.69 Å². The highest BCUT2D eigenvalue weighted by molar-refractivity contribution is 7.85. The normalized spacial score (nSPS) is 12.9. The Bertz CT molecular complexity index is 482. The highest BCUT2D eigenvalue weighted by Crippen LogP contribution is 2.27. The minimum Gasteiger partial charge on any atom is -0.739 e. The number of hydrogen-bond acceptors (Lipinski definition) is 3. The molecule has 0 unspecified atom stereocenters. The Labute approximate surface area is 81.5 Å². The van der Waals surface area contributed by atoms with Crippen molar-refractivity contribution in [3.05, 3.63) is 23.9 Å². The van der Waals surface area contributed by atoms with Crippen LogP contribution in [0.25, 0.3) is 0 Å². The molecular weight excluding hydrogens is 242 g/mol. The topological polar surface area (TPSA) is 61.1 Å². The molecule has 0 N–H and O–H groups in total. The summed E-state index contributed by atoms with van der Waals surface area (Å²) in [7, 11) is -5.28. The molecule has 15 heavy (non-hydrogen) atoms. The van der Waals surface area contributed by atoms with Crippen molar-refractivity contribution in [2.45, 2.75) is 11.2 Å². The fraction of sp³-hybridized carbons (Fsp3) is 0.167. The van der Waals surface area contributed by atoms with Gasteiger partial charge in [0.25, 0.3) is 0 Å². The Morgan fingerprint density at radius 2 is 1.80 bits per heavy atom. The highest BCUT2D eigenvalue weighted by atomic mass is 32.2. The van der Waals surface area contributed by atoms with E-state index in [1.54, 1.807) is 0 Å². The second kappa shape index (κ2) is 3.42. The molecule has 0 amide bonds. The van der Waals surface area contributed by atoms with Crippen molar-refractivity contribution in [3.8, 4) is 0 Å². The molecule has 0 saturated carbocycles. The van der Waals surface area contributed by atoms with Crippen molar-refractivity contribution in [1.82, 2.24) is 0 Å². The van der Waals surface area contributed by atoms with Crippen LogP contribution in [0.4, 0.5) is 17.7 Å². The summed E-state index contributed by atoms with van der Waals surface area (Å²) in [6.45, 7) is 0. The Morgan fingerprint density at radius 3 is 2.20 bits per heavy atom. The van der Waals surface area contributed by atoms with E-state index in [4.69, 9.17) is 0 Å². The van der Waals surface area contributed by atoms with Gasteiger partial charge in [0.15, 0.2) is 10.1 Å². The first kappa shape index (κ1) is 11.9. The summed E-state index contributed by atoms with van der Waals surface area (Å²) in [4.78, 5) is -1.19. The summed E-state index contributed by atoms with van der Waals surface area (Å²) < 4.78 is 80.1. The standard InChI is InChI=1S/C6H3F4NO3S/c7-6(8,9)4-2-1-3-5(11(4)10)15(12,13)14/h1-3H. The van der Waals surface area contributed by atoms with Crippen LogP contribution >= 0.6 is 0 Å². The van der Waals surface area contributed by atoms with E-state index in [2.05, 4.69) is 0 Å². The second-order valence-corrected chi connectivity index (χ2v) is 3.81. The molecule has 1 heterocycles. The lowest BCUT2D eigenvalue weighted by Crippen LogP contribution is -2.39. The van der Waals surface area contributed by atoms with Crippen LogP contribution in [0.15, 0.2) is 23.2 Å². The van der Waals surface area contributed by atoms with Gasteiger partial charge in [-0.3, -0.25) is 0 Å².